The number of rotatable bonds is 3. The first-order chi connectivity index (χ1) is 8.45. The molecule has 0 radical (unpaired) electrons. The highest BCUT2D eigenvalue weighted by atomic mass is 16.1. The van der Waals surface area contributed by atoms with Crippen LogP contribution in [0, 0.1) is 0 Å². The molecule has 94 valence electrons. The lowest BCUT2D eigenvalue weighted by Gasteiger charge is -2.22. The van der Waals surface area contributed by atoms with Gasteiger partial charge in [0, 0.05) is 5.56 Å². The van der Waals surface area contributed by atoms with Gasteiger partial charge in [0.25, 0.3) is 0 Å². The van der Waals surface area contributed by atoms with E-state index in [1.54, 1.807) is 12.1 Å². The van der Waals surface area contributed by atoms with E-state index in [1.165, 1.54) is 6.08 Å². The van der Waals surface area contributed by atoms with Crippen LogP contribution in [0.15, 0.2) is 22.1 Å². The van der Waals surface area contributed by atoms with E-state index in [0.717, 1.165) is 11.1 Å². The van der Waals surface area contributed by atoms with Crippen LogP contribution in [0.1, 0.15) is 38.8 Å². The van der Waals surface area contributed by atoms with Crippen molar-refractivity contribution in [2.75, 3.05) is 0 Å². The molecule has 0 atom stereocenters. The summed E-state index contributed by atoms with van der Waals surface area (Å²) in [6, 6.07) is 3.60. The van der Waals surface area contributed by atoms with Crippen molar-refractivity contribution in [3.63, 3.8) is 0 Å². The molecule has 1 aromatic rings. The van der Waals surface area contributed by atoms with E-state index < -0.39 is 0 Å². The molecule has 0 aromatic heterocycles. The van der Waals surface area contributed by atoms with Crippen LogP contribution >= 0.6 is 0 Å². The van der Waals surface area contributed by atoms with Gasteiger partial charge in [0.05, 0.1) is 11.4 Å². The smallest absolute Gasteiger partial charge is 0.211 e. The Morgan fingerprint density at radius 3 is 2.17 bits per heavy atom. The topological polar surface area (TPSA) is 58.9 Å². The number of hydrogen-bond donors (Lipinski definition) is 0. The minimum atomic E-state index is -0.150. The lowest BCUT2D eigenvalue weighted by Crippen LogP contribution is -2.12. The maximum Gasteiger partial charge on any atom is 0.240 e. The molecule has 0 saturated carbocycles. The summed E-state index contributed by atoms with van der Waals surface area (Å²) in [4.78, 5) is 28.4. The highest BCUT2D eigenvalue weighted by Gasteiger charge is 2.21. The third kappa shape index (κ3) is 2.80. The van der Waals surface area contributed by atoms with Gasteiger partial charge in [-0.1, -0.05) is 33.8 Å². The zero-order chi connectivity index (χ0) is 13.8. The van der Waals surface area contributed by atoms with E-state index in [0.29, 0.717) is 17.8 Å². The molecule has 0 saturated heterocycles. The Kier molecular flexibility index (Phi) is 4.33. The lowest BCUT2D eigenvalue weighted by atomic mass is 9.84. The molecule has 0 bridgehead atoms. The second-order valence-electron chi connectivity index (χ2n) is 4.97. The maximum atomic E-state index is 10.6. The first kappa shape index (κ1) is 14.0. The Morgan fingerprint density at radius 2 is 1.72 bits per heavy atom. The van der Waals surface area contributed by atoms with E-state index in [-0.39, 0.29) is 5.41 Å². The first-order valence-electron chi connectivity index (χ1n) is 5.77. The summed E-state index contributed by atoms with van der Waals surface area (Å²) in [6.07, 6.45) is 3.73. The Labute approximate surface area is 106 Å². The first-order valence-corrected chi connectivity index (χ1v) is 5.77. The molecular formula is C14H16N2O2. The van der Waals surface area contributed by atoms with E-state index in [9.17, 15) is 9.59 Å². The average molecular weight is 244 g/mol. The fourth-order valence-corrected chi connectivity index (χ4v) is 1.91. The third-order valence-electron chi connectivity index (χ3n) is 2.74. The highest BCUT2D eigenvalue weighted by Crippen LogP contribution is 2.38. The van der Waals surface area contributed by atoms with E-state index >= 15 is 0 Å². The molecule has 0 fully saturated rings. The van der Waals surface area contributed by atoms with Crippen LogP contribution in [-0.4, -0.2) is 12.2 Å². The van der Waals surface area contributed by atoms with Crippen molar-refractivity contribution in [2.45, 2.75) is 39.5 Å². The fourth-order valence-electron chi connectivity index (χ4n) is 1.91. The van der Waals surface area contributed by atoms with Gasteiger partial charge in [0.15, 0.2) is 0 Å². The van der Waals surface area contributed by atoms with Gasteiger partial charge in [0.1, 0.15) is 0 Å². The highest BCUT2D eigenvalue weighted by molar-refractivity contribution is 5.70. The number of carbonyl (C=O) groups excluding carboxylic acids is 2. The predicted molar refractivity (Wildman–Crippen MR) is 70.1 cm³/mol. The minimum absolute atomic E-state index is 0.150. The van der Waals surface area contributed by atoms with Crippen LogP contribution in [-0.2, 0) is 21.4 Å². The molecule has 0 amide bonds. The molecule has 18 heavy (non-hydrogen) atoms. The number of isocyanates is 2. The fraction of sp³-hybridized carbons (Fsp3) is 0.429. The zero-order valence-corrected chi connectivity index (χ0v) is 11.1. The molecule has 0 heterocycles. The average Bonchev–Trinajstić information content (AvgIpc) is 2.28. The second-order valence-corrected chi connectivity index (χ2v) is 4.97. The van der Waals surface area contributed by atoms with Gasteiger partial charge < -0.3 is 0 Å². The molecule has 0 spiro atoms. The molecule has 0 unspecified atom stereocenters. The SMILES string of the molecule is CCc1c(N=C=O)ccc(C(C)(C)C)c1N=C=O. The van der Waals surface area contributed by atoms with E-state index in [2.05, 4.69) is 9.98 Å². The minimum Gasteiger partial charge on any atom is -0.211 e. The summed E-state index contributed by atoms with van der Waals surface area (Å²) in [6.45, 7) is 8.03. The van der Waals surface area contributed by atoms with Crippen molar-refractivity contribution < 1.29 is 9.59 Å². The summed E-state index contributed by atoms with van der Waals surface area (Å²) in [7, 11) is 0. The molecule has 4 nitrogen and oxygen atoms in total. The Hall–Kier alpha value is -2.02. The van der Waals surface area contributed by atoms with E-state index in [1.807, 2.05) is 33.8 Å². The molecule has 0 aliphatic carbocycles. The Bertz CT molecular complexity index is 544. The predicted octanol–water partition coefficient (Wildman–Crippen LogP) is 3.48. The summed E-state index contributed by atoms with van der Waals surface area (Å²) in [5, 5.41) is 0. The standard InChI is InChI=1S/C14H16N2O2/c1-5-10-12(15-8-17)7-6-11(14(2,3)4)13(10)16-9-18/h6-7H,5H2,1-4H3. The van der Waals surface area contributed by atoms with Crippen LogP contribution in [0.4, 0.5) is 11.4 Å². The van der Waals surface area contributed by atoms with Crippen LogP contribution in [0.25, 0.3) is 0 Å². The monoisotopic (exact) mass is 244 g/mol. The molecule has 4 heteroatoms. The van der Waals surface area contributed by atoms with Crippen molar-refractivity contribution in [1.29, 1.82) is 0 Å². The normalized spacial score (nSPS) is 10.4. The third-order valence-corrected chi connectivity index (χ3v) is 2.74. The van der Waals surface area contributed by atoms with Crippen molar-refractivity contribution in [3.05, 3.63) is 23.3 Å². The quantitative estimate of drug-likeness (QED) is 0.603. The molecule has 0 aliphatic heterocycles. The molecular weight excluding hydrogens is 228 g/mol. The molecule has 0 N–H and O–H groups in total. The van der Waals surface area contributed by atoms with Gasteiger partial charge >= 0.3 is 0 Å². The van der Waals surface area contributed by atoms with Gasteiger partial charge in [-0.3, -0.25) is 0 Å². The van der Waals surface area contributed by atoms with Gasteiger partial charge in [0.2, 0.25) is 12.2 Å². The van der Waals surface area contributed by atoms with Gasteiger partial charge in [-0.2, -0.15) is 9.98 Å². The summed E-state index contributed by atoms with van der Waals surface area (Å²) < 4.78 is 0. The summed E-state index contributed by atoms with van der Waals surface area (Å²) in [5.41, 5.74) is 2.64. The van der Waals surface area contributed by atoms with Crippen molar-refractivity contribution in [3.8, 4) is 0 Å². The second kappa shape index (κ2) is 5.54. The Balaban J connectivity index is 3.68. The van der Waals surface area contributed by atoms with Gasteiger partial charge in [-0.25, -0.2) is 9.59 Å². The number of nitrogens with zero attached hydrogens (tertiary/aromatic N) is 2. The van der Waals surface area contributed by atoms with Crippen molar-refractivity contribution >= 4 is 23.5 Å². The largest absolute Gasteiger partial charge is 0.240 e. The molecule has 0 aliphatic rings. The van der Waals surface area contributed by atoms with Crippen LogP contribution < -0.4 is 0 Å². The molecule has 1 aromatic carbocycles. The Morgan fingerprint density at radius 1 is 1.11 bits per heavy atom. The van der Waals surface area contributed by atoms with Gasteiger partial charge in [-0.15, -0.1) is 0 Å². The lowest BCUT2D eigenvalue weighted by molar-refractivity contribution is 0.564. The number of hydrogen-bond acceptors (Lipinski definition) is 4. The van der Waals surface area contributed by atoms with Crippen LogP contribution in [0.2, 0.25) is 0 Å². The van der Waals surface area contributed by atoms with Crippen molar-refractivity contribution in [2.24, 2.45) is 9.98 Å². The van der Waals surface area contributed by atoms with Crippen LogP contribution in [0.3, 0.4) is 0 Å². The van der Waals surface area contributed by atoms with Gasteiger partial charge in [-0.05, 0) is 23.5 Å². The molecule has 1 rings (SSSR count). The summed E-state index contributed by atoms with van der Waals surface area (Å²) in [5.74, 6) is 0. The maximum absolute atomic E-state index is 10.6. The van der Waals surface area contributed by atoms with Crippen molar-refractivity contribution in [1.82, 2.24) is 0 Å². The zero-order valence-electron chi connectivity index (χ0n) is 11.1. The van der Waals surface area contributed by atoms with E-state index in [4.69, 9.17) is 0 Å². The summed E-state index contributed by atoms with van der Waals surface area (Å²) >= 11 is 0. The van der Waals surface area contributed by atoms with Crippen LogP contribution in [0.5, 0.6) is 0 Å². The number of aliphatic imine (C=N–C) groups is 2. The number of benzene rings is 1.